The van der Waals surface area contributed by atoms with Crippen molar-refractivity contribution in [2.45, 2.75) is 13.8 Å². The standard InChI is InChI=1S/C13H16N2O3S3/c1-7-8(2)21-11(10(7)12(17)18-3)15-9(16)6-20-13-14-4-5-19-13/h4-6H2,1-3H3,(H,15,16). The average Bonchev–Trinajstić information content (AvgIpc) is 3.06. The van der Waals surface area contributed by atoms with Gasteiger partial charge < -0.3 is 10.1 Å². The average molecular weight is 344 g/mol. The van der Waals surface area contributed by atoms with Crippen LogP contribution in [0.3, 0.4) is 0 Å². The van der Waals surface area contributed by atoms with E-state index in [2.05, 4.69) is 10.3 Å². The Balaban J connectivity index is 2.03. The van der Waals surface area contributed by atoms with Gasteiger partial charge in [-0.2, -0.15) is 0 Å². The molecule has 0 fully saturated rings. The Hall–Kier alpha value is -0.990. The largest absolute Gasteiger partial charge is 0.465 e. The molecule has 0 unspecified atom stereocenters. The van der Waals surface area contributed by atoms with Gasteiger partial charge in [0.05, 0.1) is 25.0 Å². The topological polar surface area (TPSA) is 67.8 Å². The first-order valence-corrected chi connectivity index (χ1v) is 9.10. The number of hydrogen-bond acceptors (Lipinski definition) is 7. The quantitative estimate of drug-likeness (QED) is 0.851. The number of carbonyl (C=O) groups excluding carboxylic acids is 2. The van der Waals surface area contributed by atoms with Crippen LogP contribution in [0.4, 0.5) is 5.00 Å². The van der Waals surface area contributed by atoms with Crippen LogP contribution in [0.15, 0.2) is 4.99 Å². The van der Waals surface area contributed by atoms with Gasteiger partial charge in [0.2, 0.25) is 5.91 Å². The molecule has 0 saturated carbocycles. The van der Waals surface area contributed by atoms with E-state index in [4.69, 9.17) is 4.74 Å². The second-order valence-corrected chi connectivity index (χ2v) is 7.84. The molecule has 21 heavy (non-hydrogen) atoms. The number of nitrogens with one attached hydrogen (secondary N) is 1. The highest BCUT2D eigenvalue weighted by Crippen LogP contribution is 2.33. The third kappa shape index (κ3) is 4.02. The fourth-order valence-corrected chi connectivity index (χ4v) is 4.63. The van der Waals surface area contributed by atoms with E-state index in [1.165, 1.54) is 30.2 Å². The first kappa shape index (κ1) is 16.4. The van der Waals surface area contributed by atoms with Crippen molar-refractivity contribution in [1.29, 1.82) is 0 Å². The minimum absolute atomic E-state index is 0.137. The van der Waals surface area contributed by atoms with E-state index in [1.54, 1.807) is 11.8 Å². The highest BCUT2D eigenvalue weighted by molar-refractivity contribution is 8.39. The van der Waals surface area contributed by atoms with Crippen molar-refractivity contribution in [3.05, 3.63) is 16.0 Å². The van der Waals surface area contributed by atoms with Crippen molar-refractivity contribution in [1.82, 2.24) is 0 Å². The summed E-state index contributed by atoms with van der Waals surface area (Å²) < 4.78 is 5.74. The Bertz CT molecular complexity index is 596. The molecule has 0 radical (unpaired) electrons. The van der Waals surface area contributed by atoms with E-state index < -0.39 is 5.97 Å². The molecular formula is C13H16N2O3S3. The van der Waals surface area contributed by atoms with Gasteiger partial charge in [-0.05, 0) is 19.4 Å². The molecule has 1 amide bonds. The zero-order chi connectivity index (χ0) is 15.4. The van der Waals surface area contributed by atoms with Crippen molar-refractivity contribution < 1.29 is 14.3 Å². The second-order valence-electron chi connectivity index (χ2n) is 4.31. The van der Waals surface area contributed by atoms with E-state index in [0.717, 1.165) is 27.1 Å². The number of rotatable bonds is 4. The minimum atomic E-state index is -0.421. The lowest BCUT2D eigenvalue weighted by Crippen LogP contribution is -2.16. The summed E-state index contributed by atoms with van der Waals surface area (Å²) in [5.41, 5.74) is 1.30. The first-order chi connectivity index (χ1) is 10.0. The summed E-state index contributed by atoms with van der Waals surface area (Å²) in [6.45, 7) is 4.59. The van der Waals surface area contributed by atoms with Gasteiger partial charge >= 0.3 is 5.97 Å². The predicted molar refractivity (Wildman–Crippen MR) is 91.0 cm³/mol. The van der Waals surface area contributed by atoms with Crippen LogP contribution in [0.25, 0.3) is 0 Å². The maximum absolute atomic E-state index is 12.0. The molecule has 0 aromatic carbocycles. The molecule has 1 N–H and O–H groups in total. The molecule has 0 atom stereocenters. The van der Waals surface area contributed by atoms with Gasteiger partial charge in [-0.3, -0.25) is 9.79 Å². The van der Waals surface area contributed by atoms with Gasteiger partial charge in [-0.1, -0.05) is 23.5 Å². The Labute approximate surface area is 135 Å². The SMILES string of the molecule is COC(=O)c1c(NC(=O)CSC2=NCCS2)sc(C)c1C. The summed E-state index contributed by atoms with van der Waals surface area (Å²) in [6, 6.07) is 0. The van der Waals surface area contributed by atoms with E-state index in [1.807, 2.05) is 13.8 Å². The summed E-state index contributed by atoms with van der Waals surface area (Å²) >= 11 is 4.50. The lowest BCUT2D eigenvalue weighted by Gasteiger charge is -2.06. The molecule has 0 saturated heterocycles. The molecule has 1 aromatic heterocycles. The summed E-state index contributed by atoms with van der Waals surface area (Å²) in [4.78, 5) is 29.1. The molecule has 1 aliphatic heterocycles. The summed E-state index contributed by atoms with van der Waals surface area (Å²) in [5, 5.41) is 3.36. The molecule has 0 spiro atoms. The van der Waals surface area contributed by atoms with Crippen molar-refractivity contribution in [2.75, 3.05) is 30.5 Å². The molecular weight excluding hydrogens is 328 g/mol. The number of esters is 1. The Morgan fingerprint density at radius 3 is 2.81 bits per heavy atom. The Kier molecular flexibility index (Phi) is 5.72. The second kappa shape index (κ2) is 7.33. The predicted octanol–water partition coefficient (Wildman–Crippen LogP) is 2.93. The zero-order valence-corrected chi connectivity index (χ0v) is 14.5. The number of anilines is 1. The number of hydrogen-bond donors (Lipinski definition) is 1. The number of thioether (sulfide) groups is 2. The van der Waals surface area contributed by atoms with Crippen LogP contribution in [-0.4, -0.2) is 41.4 Å². The van der Waals surface area contributed by atoms with Crippen LogP contribution in [0.2, 0.25) is 0 Å². The van der Waals surface area contributed by atoms with Crippen LogP contribution in [0.1, 0.15) is 20.8 Å². The maximum Gasteiger partial charge on any atom is 0.341 e. The van der Waals surface area contributed by atoms with Crippen molar-refractivity contribution in [3.63, 3.8) is 0 Å². The monoisotopic (exact) mass is 344 g/mol. The molecule has 5 nitrogen and oxygen atoms in total. The van der Waals surface area contributed by atoms with Crippen molar-refractivity contribution in [3.8, 4) is 0 Å². The van der Waals surface area contributed by atoms with Crippen LogP contribution < -0.4 is 5.32 Å². The lowest BCUT2D eigenvalue weighted by atomic mass is 10.1. The number of thiophene rings is 1. The molecule has 114 valence electrons. The molecule has 1 aliphatic rings. The number of aryl methyl sites for hydroxylation is 1. The Morgan fingerprint density at radius 2 is 2.19 bits per heavy atom. The van der Waals surface area contributed by atoms with Gasteiger partial charge in [-0.15, -0.1) is 11.3 Å². The van der Waals surface area contributed by atoms with Gasteiger partial charge in [0, 0.05) is 10.6 Å². The third-order valence-corrected chi connectivity index (χ3v) is 6.29. The molecule has 0 aliphatic carbocycles. The van der Waals surface area contributed by atoms with Crippen molar-refractivity contribution in [2.24, 2.45) is 4.99 Å². The van der Waals surface area contributed by atoms with Crippen LogP contribution in [0.5, 0.6) is 0 Å². The lowest BCUT2D eigenvalue weighted by molar-refractivity contribution is -0.113. The first-order valence-electron chi connectivity index (χ1n) is 6.31. The van der Waals surface area contributed by atoms with Crippen LogP contribution in [-0.2, 0) is 9.53 Å². The molecule has 2 heterocycles. The van der Waals surface area contributed by atoms with Gasteiger partial charge in [0.25, 0.3) is 0 Å². The zero-order valence-electron chi connectivity index (χ0n) is 12.0. The molecule has 1 aromatic rings. The molecule has 8 heteroatoms. The summed E-state index contributed by atoms with van der Waals surface area (Å²) in [6.07, 6.45) is 0. The minimum Gasteiger partial charge on any atom is -0.465 e. The van der Waals surface area contributed by atoms with Gasteiger partial charge in [-0.25, -0.2) is 4.79 Å². The number of nitrogens with zero attached hydrogens (tertiary/aromatic N) is 1. The van der Waals surface area contributed by atoms with Crippen LogP contribution >= 0.6 is 34.9 Å². The number of ether oxygens (including phenoxy) is 1. The molecule has 2 rings (SSSR count). The summed E-state index contributed by atoms with van der Waals surface area (Å²) in [7, 11) is 1.34. The van der Waals surface area contributed by atoms with E-state index in [0.29, 0.717) is 16.3 Å². The van der Waals surface area contributed by atoms with Crippen molar-refractivity contribution >= 4 is 56.1 Å². The highest BCUT2D eigenvalue weighted by Gasteiger charge is 2.21. The van der Waals surface area contributed by atoms with Crippen LogP contribution in [0, 0.1) is 13.8 Å². The molecule has 0 bridgehead atoms. The number of methoxy groups -OCH3 is 1. The number of carbonyl (C=O) groups is 2. The fourth-order valence-electron chi connectivity index (χ4n) is 1.76. The van der Waals surface area contributed by atoms with E-state index in [9.17, 15) is 9.59 Å². The Morgan fingerprint density at radius 1 is 1.43 bits per heavy atom. The third-order valence-electron chi connectivity index (χ3n) is 2.91. The van der Waals surface area contributed by atoms with E-state index >= 15 is 0 Å². The van der Waals surface area contributed by atoms with Gasteiger partial charge in [0.1, 0.15) is 9.38 Å². The normalized spacial score (nSPS) is 14.0. The summed E-state index contributed by atoms with van der Waals surface area (Å²) in [5.74, 6) is 0.722. The smallest absolute Gasteiger partial charge is 0.341 e. The maximum atomic E-state index is 12.0. The highest BCUT2D eigenvalue weighted by atomic mass is 32.2. The number of amides is 1. The van der Waals surface area contributed by atoms with Gasteiger partial charge in [0.15, 0.2) is 0 Å². The fraction of sp³-hybridized carbons (Fsp3) is 0.462. The van der Waals surface area contributed by atoms with E-state index in [-0.39, 0.29) is 5.91 Å². The number of aliphatic imine (C=N–C) groups is 1.